The summed E-state index contributed by atoms with van der Waals surface area (Å²) in [4.78, 5) is 14.6. The molecule has 118 valence electrons. The number of hydrogen-bond donors (Lipinski definition) is 0. The molecular formula is C18H30N2O. The minimum Gasteiger partial charge on any atom is -0.351 e. The van der Waals surface area contributed by atoms with Crippen molar-refractivity contribution in [3.05, 3.63) is 23.5 Å². The third-order valence-electron chi connectivity index (χ3n) is 4.71. The van der Waals surface area contributed by atoms with Crippen molar-refractivity contribution in [1.82, 2.24) is 9.47 Å². The van der Waals surface area contributed by atoms with Gasteiger partial charge in [-0.15, -0.1) is 0 Å². The minimum absolute atomic E-state index is 0.109. The summed E-state index contributed by atoms with van der Waals surface area (Å²) in [5, 5.41) is 0. The van der Waals surface area contributed by atoms with Gasteiger partial charge in [0.25, 0.3) is 0 Å². The molecule has 0 unspecified atom stereocenters. The number of ketones is 1. The second kappa shape index (κ2) is 6.35. The molecule has 0 amide bonds. The molecular weight excluding hydrogens is 260 g/mol. The highest BCUT2D eigenvalue weighted by atomic mass is 16.1. The van der Waals surface area contributed by atoms with Crippen molar-refractivity contribution in [2.75, 3.05) is 13.6 Å². The molecule has 3 nitrogen and oxygen atoms in total. The Morgan fingerprint density at radius 1 is 1.29 bits per heavy atom. The van der Waals surface area contributed by atoms with Crippen molar-refractivity contribution in [2.45, 2.75) is 66.0 Å². The van der Waals surface area contributed by atoms with Crippen LogP contribution in [0.15, 0.2) is 12.3 Å². The van der Waals surface area contributed by atoms with Gasteiger partial charge in [-0.2, -0.15) is 0 Å². The summed E-state index contributed by atoms with van der Waals surface area (Å²) in [5.41, 5.74) is 2.33. The molecule has 0 spiro atoms. The number of hydrogen-bond acceptors (Lipinski definition) is 2. The normalized spacial score (nSPS) is 17.6. The molecule has 1 aliphatic rings. The van der Waals surface area contributed by atoms with Crippen molar-refractivity contribution in [2.24, 2.45) is 5.41 Å². The number of rotatable bonds is 6. The second-order valence-corrected chi connectivity index (χ2v) is 7.59. The van der Waals surface area contributed by atoms with E-state index in [1.807, 2.05) is 6.07 Å². The first-order valence-corrected chi connectivity index (χ1v) is 8.21. The number of nitrogens with zero attached hydrogens (tertiary/aromatic N) is 2. The molecule has 0 saturated heterocycles. The highest BCUT2D eigenvalue weighted by molar-refractivity contribution is 5.98. The van der Waals surface area contributed by atoms with Gasteiger partial charge in [-0.1, -0.05) is 13.8 Å². The molecule has 0 fully saturated rings. The summed E-state index contributed by atoms with van der Waals surface area (Å²) < 4.78 is 2.31. The van der Waals surface area contributed by atoms with Crippen LogP contribution in [0.3, 0.4) is 0 Å². The van der Waals surface area contributed by atoms with Crippen LogP contribution < -0.4 is 0 Å². The molecule has 0 bridgehead atoms. The van der Waals surface area contributed by atoms with Gasteiger partial charge in [0.1, 0.15) is 0 Å². The summed E-state index contributed by atoms with van der Waals surface area (Å²) in [6.07, 6.45) is 6.19. The van der Waals surface area contributed by atoms with Gasteiger partial charge in [0.15, 0.2) is 5.78 Å². The Balaban J connectivity index is 1.93. The molecule has 1 heterocycles. The lowest BCUT2D eigenvalue weighted by atomic mass is 9.76. The van der Waals surface area contributed by atoms with Gasteiger partial charge < -0.3 is 9.47 Å². The van der Waals surface area contributed by atoms with Gasteiger partial charge in [0, 0.05) is 36.5 Å². The van der Waals surface area contributed by atoms with E-state index >= 15 is 0 Å². The molecule has 2 rings (SSSR count). The van der Waals surface area contributed by atoms with Crippen molar-refractivity contribution >= 4 is 5.78 Å². The number of carbonyl (C=O) groups excluding carboxylic acids is 1. The van der Waals surface area contributed by atoms with Crippen molar-refractivity contribution < 1.29 is 4.79 Å². The molecule has 0 radical (unpaired) electrons. The number of fused-ring (bicyclic) bond motifs is 1. The molecule has 1 aliphatic carbocycles. The molecule has 0 aromatic carbocycles. The Morgan fingerprint density at radius 3 is 2.67 bits per heavy atom. The average Bonchev–Trinajstić information content (AvgIpc) is 2.76. The van der Waals surface area contributed by atoms with Crippen LogP contribution in [-0.2, 0) is 13.0 Å². The van der Waals surface area contributed by atoms with Crippen LogP contribution in [0.1, 0.15) is 63.0 Å². The summed E-state index contributed by atoms with van der Waals surface area (Å²) in [6.45, 7) is 11.0. The first-order valence-electron chi connectivity index (χ1n) is 8.21. The molecule has 0 atom stereocenters. The van der Waals surface area contributed by atoms with Crippen LogP contribution >= 0.6 is 0 Å². The zero-order valence-electron chi connectivity index (χ0n) is 14.3. The van der Waals surface area contributed by atoms with Crippen LogP contribution in [0.4, 0.5) is 0 Å². The number of aryl methyl sites for hydroxylation is 1. The fraction of sp³-hybridized carbons (Fsp3) is 0.722. The van der Waals surface area contributed by atoms with E-state index in [9.17, 15) is 4.79 Å². The maximum atomic E-state index is 12.2. The van der Waals surface area contributed by atoms with Gasteiger partial charge in [0.2, 0.25) is 0 Å². The summed E-state index contributed by atoms with van der Waals surface area (Å²) in [5.74, 6) is 0.319. The Morgan fingerprint density at radius 2 is 2.00 bits per heavy atom. The largest absolute Gasteiger partial charge is 0.351 e. The Kier molecular flexibility index (Phi) is 4.92. The molecule has 0 N–H and O–H groups in total. The van der Waals surface area contributed by atoms with Crippen LogP contribution in [0.2, 0.25) is 0 Å². The van der Waals surface area contributed by atoms with Crippen molar-refractivity contribution in [3.63, 3.8) is 0 Å². The highest BCUT2D eigenvalue weighted by Gasteiger charge is 2.32. The lowest BCUT2D eigenvalue weighted by molar-refractivity contribution is 0.0910. The number of Topliss-reactive ketones (excluding diaryl/α,β-unsaturated/α-hetero) is 1. The summed E-state index contributed by atoms with van der Waals surface area (Å²) in [7, 11) is 2.18. The van der Waals surface area contributed by atoms with Crippen LogP contribution in [0, 0.1) is 5.41 Å². The zero-order valence-corrected chi connectivity index (χ0v) is 14.3. The third-order valence-corrected chi connectivity index (χ3v) is 4.71. The van der Waals surface area contributed by atoms with Crippen molar-refractivity contribution in [3.8, 4) is 0 Å². The summed E-state index contributed by atoms with van der Waals surface area (Å²) in [6, 6.07) is 2.63. The van der Waals surface area contributed by atoms with Crippen LogP contribution in [0.5, 0.6) is 0 Å². The van der Waals surface area contributed by atoms with E-state index in [-0.39, 0.29) is 5.41 Å². The van der Waals surface area contributed by atoms with Gasteiger partial charge in [-0.3, -0.25) is 4.79 Å². The monoisotopic (exact) mass is 290 g/mol. The second-order valence-electron chi connectivity index (χ2n) is 7.59. The standard InChI is InChI=1S/C18H30N2O/c1-14(2)19(5)9-6-7-10-20-11-8-15-16(20)12-18(3,4)13-17(15)21/h8,11,14H,6-7,9-10,12-13H2,1-5H3. The lowest BCUT2D eigenvalue weighted by Crippen LogP contribution is -2.28. The van der Waals surface area contributed by atoms with Gasteiger partial charge in [-0.05, 0) is 58.2 Å². The number of carbonyl (C=O) groups is 1. The lowest BCUT2D eigenvalue weighted by Gasteiger charge is -2.29. The Bertz CT molecular complexity index is 499. The van der Waals surface area contributed by atoms with Gasteiger partial charge >= 0.3 is 0 Å². The maximum absolute atomic E-state index is 12.2. The molecule has 0 aliphatic heterocycles. The van der Waals surface area contributed by atoms with E-state index in [4.69, 9.17) is 0 Å². The summed E-state index contributed by atoms with van der Waals surface area (Å²) >= 11 is 0. The van der Waals surface area contributed by atoms with E-state index in [1.165, 1.54) is 18.5 Å². The predicted octanol–water partition coefficient (Wildman–Crippen LogP) is 3.76. The van der Waals surface area contributed by atoms with Gasteiger partial charge in [0.05, 0.1) is 0 Å². The molecule has 21 heavy (non-hydrogen) atoms. The van der Waals surface area contributed by atoms with Crippen LogP contribution in [-0.4, -0.2) is 34.9 Å². The zero-order chi connectivity index (χ0) is 15.6. The first-order chi connectivity index (χ1) is 9.80. The van der Waals surface area contributed by atoms with E-state index in [0.29, 0.717) is 18.2 Å². The smallest absolute Gasteiger partial charge is 0.165 e. The fourth-order valence-corrected chi connectivity index (χ4v) is 3.11. The van der Waals surface area contributed by atoms with Gasteiger partial charge in [-0.25, -0.2) is 0 Å². The third kappa shape index (κ3) is 3.97. The number of unbranched alkanes of at least 4 members (excludes halogenated alkanes) is 1. The van der Waals surface area contributed by atoms with E-state index < -0.39 is 0 Å². The Labute approximate surface area is 129 Å². The fourth-order valence-electron chi connectivity index (χ4n) is 3.11. The van der Waals surface area contributed by atoms with E-state index in [0.717, 1.165) is 25.1 Å². The first kappa shape index (κ1) is 16.3. The molecule has 0 saturated carbocycles. The van der Waals surface area contributed by atoms with Crippen molar-refractivity contribution in [1.29, 1.82) is 0 Å². The Hall–Kier alpha value is -1.09. The number of aromatic nitrogens is 1. The maximum Gasteiger partial charge on any atom is 0.165 e. The van der Waals surface area contributed by atoms with Crippen LogP contribution in [0.25, 0.3) is 0 Å². The molecule has 1 aromatic rings. The van der Waals surface area contributed by atoms with E-state index in [1.54, 1.807) is 0 Å². The highest BCUT2D eigenvalue weighted by Crippen LogP contribution is 2.35. The molecule has 3 heteroatoms. The van der Waals surface area contributed by atoms with E-state index in [2.05, 4.69) is 50.4 Å². The predicted molar refractivity (Wildman–Crippen MR) is 87.9 cm³/mol. The quantitative estimate of drug-likeness (QED) is 0.745. The minimum atomic E-state index is 0.109. The average molecular weight is 290 g/mol. The SMILES string of the molecule is CC(C)N(C)CCCCn1ccc2c1CC(C)(C)CC2=O. The molecule has 1 aromatic heterocycles. The topological polar surface area (TPSA) is 25.2 Å².